The van der Waals surface area contributed by atoms with Crippen LogP contribution in [0.25, 0.3) is 0 Å². The first-order valence-electron chi connectivity index (χ1n) is 9.90. The second-order valence-corrected chi connectivity index (χ2v) is 7.93. The third-order valence-corrected chi connectivity index (χ3v) is 5.88. The number of thioether (sulfide) groups is 1. The lowest BCUT2D eigenvalue weighted by Gasteiger charge is -2.25. The molecule has 0 fully saturated rings. The minimum atomic E-state index is -0.418. The van der Waals surface area contributed by atoms with Crippen molar-refractivity contribution in [2.24, 2.45) is 7.05 Å². The van der Waals surface area contributed by atoms with Gasteiger partial charge in [-0.15, -0.1) is 10.2 Å². The van der Waals surface area contributed by atoms with Crippen molar-refractivity contribution < 1.29 is 18.7 Å². The van der Waals surface area contributed by atoms with Crippen LogP contribution in [0.2, 0.25) is 0 Å². The number of hydrogen-bond acceptors (Lipinski definition) is 7. The van der Waals surface area contributed by atoms with Gasteiger partial charge in [0.2, 0.25) is 5.91 Å². The summed E-state index contributed by atoms with van der Waals surface area (Å²) in [4.78, 5) is 14.3. The zero-order valence-corrected chi connectivity index (χ0v) is 18.1. The Balaban J connectivity index is 1.43. The molecule has 1 aliphatic heterocycles. The Bertz CT molecular complexity index is 1150. The van der Waals surface area contributed by atoms with Crippen LogP contribution in [0.3, 0.4) is 0 Å². The number of nitriles is 1. The lowest BCUT2D eigenvalue weighted by atomic mass is 10.2. The van der Waals surface area contributed by atoms with Crippen LogP contribution < -0.4 is 14.4 Å². The number of nitrogens with zero attached hydrogens (tertiary/aromatic N) is 5. The predicted molar refractivity (Wildman–Crippen MR) is 116 cm³/mol. The summed E-state index contributed by atoms with van der Waals surface area (Å²) in [6.07, 6.45) is -0.249. The molecular weight excluding hydrogens is 433 g/mol. The number of benzene rings is 2. The molecule has 1 aliphatic rings. The van der Waals surface area contributed by atoms with Gasteiger partial charge in [-0.2, -0.15) is 5.26 Å². The van der Waals surface area contributed by atoms with Gasteiger partial charge in [0.15, 0.2) is 28.6 Å². The first-order chi connectivity index (χ1) is 15.6. The smallest absolute Gasteiger partial charge is 0.237 e. The monoisotopic (exact) mass is 453 g/mol. The minimum absolute atomic E-state index is 0.0830. The fourth-order valence-electron chi connectivity index (χ4n) is 3.26. The minimum Gasteiger partial charge on any atom is -0.485 e. The number of fused-ring (bicyclic) bond motifs is 1. The molecule has 0 saturated carbocycles. The molecule has 32 heavy (non-hydrogen) atoms. The summed E-state index contributed by atoms with van der Waals surface area (Å²) in [6.45, 7) is 0.525. The highest BCUT2D eigenvalue weighted by Crippen LogP contribution is 2.35. The predicted octanol–water partition coefficient (Wildman–Crippen LogP) is 3.51. The number of carbonyl (C=O) groups is 1. The zero-order chi connectivity index (χ0) is 22.5. The van der Waals surface area contributed by atoms with Gasteiger partial charge in [0.25, 0.3) is 0 Å². The summed E-state index contributed by atoms with van der Waals surface area (Å²) in [5.74, 6) is 1.40. The van der Waals surface area contributed by atoms with E-state index in [-0.39, 0.29) is 30.4 Å². The van der Waals surface area contributed by atoms with Crippen LogP contribution in [0, 0.1) is 17.1 Å². The maximum Gasteiger partial charge on any atom is 0.237 e. The molecule has 0 spiro atoms. The van der Waals surface area contributed by atoms with Crippen molar-refractivity contribution in [1.29, 1.82) is 5.26 Å². The van der Waals surface area contributed by atoms with Crippen LogP contribution >= 0.6 is 11.8 Å². The van der Waals surface area contributed by atoms with E-state index in [1.54, 1.807) is 11.6 Å². The van der Waals surface area contributed by atoms with Crippen molar-refractivity contribution in [1.82, 2.24) is 14.8 Å². The second kappa shape index (κ2) is 9.70. The molecule has 0 saturated heterocycles. The number of rotatable bonds is 7. The molecule has 8 nitrogen and oxygen atoms in total. The molecule has 1 aromatic heterocycles. The molecule has 164 valence electrons. The van der Waals surface area contributed by atoms with E-state index in [0.717, 1.165) is 0 Å². The van der Waals surface area contributed by atoms with Gasteiger partial charge in [0.1, 0.15) is 12.4 Å². The maximum atomic E-state index is 13.3. The molecule has 0 radical (unpaired) electrons. The largest absolute Gasteiger partial charge is 0.485 e. The van der Waals surface area contributed by atoms with Crippen molar-refractivity contribution in [2.45, 2.75) is 17.7 Å². The summed E-state index contributed by atoms with van der Waals surface area (Å²) in [5, 5.41) is 17.9. The number of carbonyl (C=O) groups excluding carboxylic acids is 1. The van der Waals surface area contributed by atoms with Gasteiger partial charge in [-0.05, 0) is 36.4 Å². The van der Waals surface area contributed by atoms with Crippen LogP contribution in [0.15, 0.2) is 53.7 Å². The van der Waals surface area contributed by atoms with Gasteiger partial charge >= 0.3 is 0 Å². The van der Waals surface area contributed by atoms with Gasteiger partial charge in [0, 0.05) is 19.3 Å². The molecule has 0 N–H and O–H groups in total. The Labute approximate surface area is 188 Å². The molecular formula is C22H20FN5O3S. The fraction of sp³-hybridized carbons (Fsp3) is 0.273. The SMILES string of the molecule is Cn1c(SCC(=O)N(CCC#N)c2ccc(F)cc2)nnc1C1COc2ccccc2O1. The van der Waals surface area contributed by atoms with E-state index >= 15 is 0 Å². The van der Waals surface area contributed by atoms with Gasteiger partial charge in [-0.3, -0.25) is 4.79 Å². The van der Waals surface area contributed by atoms with E-state index in [2.05, 4.69) is 10.2 Å². The first kappa shape index (κ1) is 21.6. The first-order valence-corrected chi connectivity index (χ1v) is 10.9. The molecule has 2 heterocycles. The summed E-state index contributed by atoms with van der Waals surface area (Å²) in [5.41, 5.74) is 0.539. The number of anilines is 1. The average Bonchev–Trinajstić information content (AvgIpc) is 3.19. The van der Waals surface area contributed by atoms with Crippen molar-refractivity contribution in [2.75, 3.05) is 23.8 Å². The number of amides is 1. The summed E-state index contributed by atoms with van der Waals surface area (Å²) in [6, 6.07) is 15.1. The Hall–Kier alpha value is -3.58. The Morgan fingerprint density at radius 3 is 2.75 bits per heavy atom. The van der Waals surface area contributed by atoms with Crippen molar-refractivity contribution in [3.05, 3.63) is 60.2 Å². The van der Waals surface area contributed by atoms with E-state index in [9.17, 15) is 9.18 Å². The van der Waals surface area contributed by atoms with Gasteiger partial charge in [-0.25, -0.2) is 4.39 Å². The van der Waals surface area contributed by atoms with Crippen LogP contribution in [0.1, 0.15) is 18.3 Å². The van der Waals surface area contributed by atoms with E-state index in [4.69, 9.17) is 14.7 Å². The second-order valence-electron chi connectivity index (χ2n) is 6.98. The highest BCUT2D eigenvalue weighted by Gasteiger charge is 2.28. The molecule has 4 rings (SSSR count). The Morgan fingerprint density at radius 2 is 2.00 bits per heavy atom. The Morgan fingerprint density at radius 1 is 1.25 bits per heavy atom. The van der Waals surface area contributed by atoms with Crippen LogP contribution in [0.4, 0.5) is 10.1 Å². The molecule has 1 atom stereocenters. The lowest BCUT2D eigenvalue weighted by molar-refractivity contribution is -0.116. The topological polar surface area (TPSA) is 93.3 Å². The number of halogens is 1. The lowest BCUT2D eigenvalue weighted by Crippen LogP contribution is -2.33. The number of ether oxygens (including phenoxy) is 2. The van der Waals surface area contributed by atoms with Gasteiger partial charge in [0.05, 0.1) is 18.2 Å². The molecule has 2 aromatic carbocycles. The van der Waals surface area contributed by atoms with E-state index in [1.807, 2.05) is 30.3 Å². The van der Waals surface area contributed by atoms with Gasteiger partial charge < -0.3 is 18.9 Å². The summed E-state index contributed by atoms with van der Waals surface area (Å²) < 4.78 is 26.8. The highest BCUT2D eigenvalue weighted by atomic mass is 32.2. The fourth-order valence-corrected chi connectivity index (χ4v) is 4.06. The third-order valence-electron chi connectivity index (χ3n) is 4.88. The normalized spacial score (nSPS) is 14.6. The van der Waals surface area contributed by atoms with Crippen molar-refractivity contribution in [3.63, 3.8) is 0 Å². The number of aromatic nitrogens is 3. The summed E-state index contributed by atoms with van der Waals surface area (Å²) in [7, 11) is 1.80. The van der Waals surface area contributed by atoms with Crippen molar-refractivity contribution in [3.8, 4) is 17.6 Å². The molecule has 1 unspecified atom stereocenters. The Kier molecular flexibility index (Phi) is 6.56. The molecule has 0 aliphatic carbocycles. The zero-order valence-electron chi connectivity index (χ0n) is 17.3. The van der Waals surface area contributed by atoms with E-state index in [1.165, 1.54) is 40.9 Å². The third kappa shape index (κ3) is 4.68. The number of hydrogen-bond donors (Lipinski definition) is 0. The van der Waals surface area contributed by atoms with Crippen LogP contribution in [-0.2, 0) is 11.8 Å². The maximum absolute atomic E-state index is 13.3. The standard InChI is InChI=1S/C22H20FN5O3S/c1-27-21(19-13-30-17-5-2-3-6-18(17)31-19)25-26-22(27)32-14-20(29)28(12-4-11-24)16-9-7-15(23)8-10-16/h2-3,5-10,19H,4,12-14H2,1H3. The average molecular weight is 453 g/mol. The van der Waals surface area contributed by atoms with Crippen LogP contribution in [-0.4, -0.2) is 39.6 Å². The van der Waals surface area contributed by atoms with Gasteiger partial charge in [-0.1, -0.05) is 23.9 Å². The van der Waals surface area contributed by atoms with Crippen LogP contribution in [0.5, 0.6) is 11.5 Å². The van der Waals surface area contributed by atoms with E-state index < -0.39 is 6.10 Å². The molecule has 3 aromatic rings. The van der Waals surface area contributed by atoms with E-state index in [0.29, 0.717) is 34.8 Å². The quantitative estimate of drug-likeness (QED) is 0.506. The molecule has 1 amide bonds. The molecule has 0 bridgehead atoms. The van der Waals surface area contributed by atoms with Crippen molar-refractivity contribution >= 4 is 23.4 Å². The molecule has 10 heteroatoms. The summed E-state index contributed by atoms with van der Waals surface area (Å²) >= 11 is 1.23. The number of para-hydroxylation sites is 2. The highest BCUT2D eigenvalue weighted by molar-refractivity contribution is 7.99.